The molecule has 0 fully saturated rings. The highest BCUT2D eigenvalue weighted by Gasteiger charge is 2.30. The first-order valence-corrected chi connectivity index (χ1v) is 7.96. The summed E-state index contributed by atoms with van der Waals surface area (Å²) < 4.78 is 12.5. The number of ether oxygens (including phenoxy) is 2. The molecule has 0 unspecified atom stereocenters. The van der Waals surface area contributed by atoms with Gasteiger partial charge < -0.3 is 9.47 Å². The van der Waals surface area contributed by atoms with Gasteiger partial charge in [-0.25, -0.2) is 4.99 Å². The lowest BCUT2D eigenvalue weighted by molar-refractivity contribution is 0.115. The third-order valence-corrected chi connectivity index (χ3v) is 3.86. The predicted octanol–water partition coefficient (Wildman–Crippen LogP) is 4.21. The van der Waals surface area contributed by atoms with E-state index in [2.05, 4.69) is 20.9 Å². The Morgan fingerprint density at radius 2 is 2.09 bits per heavy atom. The molecule has 0 aliphatic carbocycles. The SMILES string of the molecule is CCOc1cc2c(cc1Br)C(c1ccccn1)=NC(C)(C)O2. The van der Waals surface area contributed by atoms with E-state index in [0.717, 1.165) is 32.9 Å². The first kappa shape index (κ1) is 15.0. The van der Waals surface area contributed by atoms with Crippen LogP contribution < -0.4 is 9.47 Å². The molecule has 3 rings (SSSR count). The molecule has 1 aliphatic heterocycles. The summed E-state index contributed by atoms with van der Waals surface area (Å²) in [6, 6.07) is 9.68. The molecule has 0 saturated carbocycles. The van der Waals surface area contributed by atoms with E-state index < -0.39 is 5.72 Å². The van der Waals surface area contributed by atoms with Gasteiger partial charge in [0.15, 0.2) is 5.72 Å². The van der Waals surface area contributed by atoms with Crippen LogP contribution >= 0.6 is 15.9 Å². The van der Waals surface area contributed by atoms with Crippen molar-refractivity contribution in [3.8, 4) is 11.5 Å². The third-order valence-electron chi connectivity index (χ3n) is 3.24. The topological polar surface area (TPSA) is 43.7 Å². The largest absolute Gasteiger partial charge is 0.493 e. The normalized spacial score (nSPS) is 15.5. The molecule has 0 N–H and O–H groups in total. The minimum atomic E-state index is -0.642. The Labute approximate surface area is 138 Å². The zero-order valence-electron chi connectivity index (χ0n) is 12.8. The summed E-state index contributed by atoms with van der Waals surface area (Å²) >= 11 is 3.55. The Balaban J connectivity index is 2.16. The van der Waals surface area contributed by atoms with E-state index in [0.29, 0.717) is 6.61 Å². The molecule has 2 aromatic rings. The van der Waals surface area contributed by atoms with Crippen molar-refractivity contribution >= 4 is 21.6 Å². The van der Waals surface area contributed by atoms with Crippen LogP contribution in [0.5, 0.6) is 11.5 Å². The molecule has 1 aromatic heterocycles. The number of aliphatic imine (C=N–C) groups is 1. The molecular weight excluding hydrogens is 344 g/mol. The molecule has 0 saturated heterocycles. The quantitative estimate of drug-likeness (QED) is 0.823. The Kier molecular flexibility index (Phi) is 3.91. The van der Waals surface area contributed by atoms with E-state index in [1.807, 2.05) is 51.1 Å². The maximum atomic E-state index is 6.00. The van der Waals surface area contributed by atoms with Gasteiger partial charge in [0.05, 0.1) is 22.5 Å². The fourth-order valence-corrected chi connectivity index (χ4v) is 2.85. The standard InChI is InChI=1S/C17H17BrN2O2/c1-4-21-15-10-14-11(9-12(15)18)16(20-17(2,3)22-14)13-7-5-6-8-19-13/h5-10H,4H2,1-3H3. The summed E-state index contributed by atoms with van der Waals surface area (Å²) in [6.07, 6.45) is 1.77. The van der Waals surface area contributed by atoms with Crippen LogP contribution in [-0.4, -0.2) is 23.0 Å². The van der Waals surface area contributed by atoms with Crippen LogP contribution in [0.15, 0.2) is 46.0 Å². The number of halogens is 1. The molecule has 0 amide bonds. The van der Waals surface area contributed by atoms with Crippen LogP contribution in [0.1, 0.15) is 32.0 Å². The Bertz CT molecular complexity index is 727. The Morgan fingerprint density at radius 1 is 1.27 bits per heavy atom. The molecule has 0 atom stereocenters. The maximum Gasteiger partial charge on any atom is 0.195 e. The van der Waals surface area contributed by atoms with Crippen molar-refractivity contribution in [2.45, 2.75) is 26.5 Å². The number of rotatable bonds is 3. The fourth-order valence-electron chi connectivity index (χ4n) is 2.39. The van der Waals surface area contributed by atoms with Gasteiger partial charge in [-0.2, -0.15) is 0 Å². The van der Waals surface area contributed by atoms with Crippen LogP contribution in [0.25, 0.3) is 0 Å². The van der Waals surface area contributed by atoms with Crippen LogP contribution in [0.4, 0.5) is 0 Å². The lowest BCUT2D eigenvalue weighted by atomic mass is 10.0. The number of fused-ring (bicyclic) bond motifs is 1. The van der Waals surface area contributed by atoms with Crippen molar-refractivity contribution in [1.29, 1.82) is 0 Å². The zero-order chi connectivity index (χ0) is 15.7. The molecular formula is C17H17BrN2O2. The summed E-state index contributed by atoms with van der Waals surface area (Å²) in [4.78, 5) is 9.14. The number of pyridine rings is 1. The van der Waals surface area contributed by atoms with Crippen LogP contribution in [-0.2, 0) is 0 Å². The number of benzene rings is 1. The van der Waals surface area contributed by atoms with Crippen molar-refractivity contribution in [3.05, 3.63) is 52.3 Å². The van der Waals surface area contributed by atoms with E-state index >= 15 is 0 Å². The van der Waals surface area contributed by atoms with Gasteiger partial charge in [0, 0.05) is 17.8 Å². The van der Waals surface area contributed by atoms with E-state index in [9.17, 15) is 0 Å². The molecule has 114 valence electrons. The van der Waals surface area contributed by atoms with Gasteiger partial charge in [-0.1, -0.05) is 6.07 Å². The van der Waals surface area contributed by atoms with Gasteiger partial charge in [-0.05, 0) is 54.9 Å². The predicted molar refractivity (Wildman–Crippen MR) is 89.9 cm³/mol. The molecule has 22 heavy (non-hydrogen) atoms. The van der Waals surface area contributed by atoms with Crippen molar-refractivity contribution in [2.75, 3.05) is 6.61 Å². The molecule has 4 nitrogen and oxygen atoms in total. The monoisotopic (exact) mass is 360 g/mol. The fraction of sp³-hybridized carbons (Fsp3) is 0.294. The number of nitrogens with zero attached hydrogens (tertiary/aromatic N) is 2. The molecule has 1 aliphatic rings. The summed E-state index contributed by atoms with van der Waals surface area (Å²) in [5.41, 5.74) is 1.93. The molecule has 2 heterocycles. The van der Waals surface area contributed by atoms with Crippen molar-refractivity contribution in [2.24, 2.45) is 4.99 Å². The highest BCUT2D eigenvalue weighted by molar-refractivity contribution is 9.10. The van der Waals surface area contributed by atoms with Crippen molar-refractivity contribution in [1.82, 2.24) is 4.98 Å². The Morgan fingerprint density at radius 3 is 2.77 bits per heavy atom. The van der Waals surface area contributed by atoms with E-state index in [-0.39, 0.29) is 0 Å². The zero-order valence-corrected chi connectivity index (χ0v) is 14.3. The molecule has 5 heteroatoms. The van der Waals surface area contributed by atoms with E-state index in [4.69, 9.17) is 14.5 Å². The summed E-state index contributed by atoms with van der Waals surface area (Å²) in [5, 5.41) is 0. The summed E-state index contributed by atoms with van der Waals surface area (Å²) in [7, 11) is 0. The third kappa shape index (κ3) is 2.86. The van der Waals surface area contributed by atoms with Crippen molar-refractivity contribution in [3.63, 3.8) is 0 Å². The van der Waals surface area contributed by atoms with Crippen LogP contribution in [0, 0.1) is 0 Å². The second kappa shape index (κ2) is 5.72. The Hall–Kier alpha value is -1.88. The molecule has 0 bridgehead atoms. The van der Waals surface area contributed by atoms with Gasteiger partial charge in [0.25, 0.3) is 0 Å². The second-order valence-electron chi connectivity index (χ2n) is 5.44. The molecule has 0 spiro atoms. The minimum absolute atomic E-state index is 0.599. The lowest BCUT2D eigenvalue weighted by Gasteiger charge is -2.30. The van der Waals surface area contributed by atoms with Crippen molar-refractivity contribution < 1.29 is 9.47 Å². The first-order valence-electron chi connectivity index (χ1n) is 7.17. The highest BCUT2D eigenvalue weighted by atomic mass is 79.9. The summed E-state index contributed by atoms with van der Waals surface area (Å²) in [5.74, 6) is 1.52. The molecule has 1 aromatic carbocycles. The lowest BCUT2D eigenvalue weighted by Crippen LogP contribution is -2.32. The van der Waals surface area contributed by atoms with Gasteiger partial charge in [0.2, 0.25) is 0 Å². The van der Waals surface area contributed by atoms with Gasteiger partial charge in [-0.3, -0.25) is 4.98 Å². The number of hydrogen-bond acceptors (Lipinski definition) is 4. The smallest absolute Gasteiger partial charge is 0.195 e. The average molecular weight is 361 g/mol. The average Bonchev–Trinajstić information content (AvgIpc) is 2.48. The second-order valence-corrected chi connectivity index (χ2v) is 6.29. The van der Waals surface area contributed by atoms with Crippen LogP contribution in [0.2, 0.25) is 0 Å². The summed E-state index contributed by atoms with van der Waals surface area (Å²) in [6.45, 7) is 6.42. The minimum Gasteiger partial charge on any atom is -0.493 e. The van der Waals surface area contributed by atoms with Gasteiger partial charge in [0.1, 0.15) is 11.5 Å². The van der Waals surface area contributed by atoms with Gasteiger partial charge in [-0.15, -0.1) is 0 Å². The van der Waals surface area contributed by atoms with Crippen LogP contribution in [0.3, 0.4) is 0 Å². The van der Waals surface area contributed by atoms with E-state index in [1.165, 1.54) is 0 Å². The maximum absolute atomic E-state index is 6.00. The number of hydrogen-bond donors (Lipinski definition) is 0. The highest BCUT2D eigenvalue weighted by Crippen LogP contribution is 2.39. The first-order chi connectivity index (χ1) is 10.5. The van der Waals surface area contributed by atoms with E-state index in [1.54, 1.807) is 6.20 Å². The number of aromatic nitrogens is 1. The van der Waals surface area contributed by atoms with Gasteiger partial charge >= 0.3 is 0 Å². The molecule has 0 radical (unpaired) electrons.